The number of rotatable bonds is 5. The largest absolute Gasteiger partial charge is 0.352 e. The molecular formula is C24H26N4O. The molecular weight excluding hydrogens is 360 g/mol. The van der Waals surface area contributed by atoms with Crippen molar-refractivity contribution < 1.29 is 4.79 Å². The number of hydrogen-bond acceptors (Lipinski definition) is 4. The number of benzene rings is 2. The van der Waals surface area contributed by atoms with E-state index < -0.39 is 0 Å². The van der Waals surface area contributed by atoms with Crippen molar-refractivity contribution in [2.45, 2.75) is 26.3 Å². The monoisotopic (exact) mass is 386 g/mol. The summed E-state index contributed by atoms with van der Waals surface area (Å²) in [6.07, 6.45) is 5.42. The first-order valence-corrected chi connectivity index (χ1v) is 10.1. The van der Waals surface area contributed by atoms with Crippen LogP contribution in [0.2, 0.25) is 0 Å². The van der Waals surface area contributed by atoms with Crippen LogP contribution in [0.4, 0.5) is 5.95 Å². The van der Waals surface area contributed by atoms with Gasteiger partial charge in [0.1, 0.15) is 0 Å². The fourth-order valence-corrected chi connectivity index (χ4v) is 3.73. The zero-order valence-corrected chi connectivity index (χ0v) is 16.7. The molecule has 5 nitrogen and oxygen atoms in total. The van der Waals surface area contributed by atoms with E-state index in [1.165, 1.54) is 5.56 Å². The first-order valence-electron chi connectivity index (χ1n) is 10.1. The summed E-state index contributed by atoms with van der Waals surface area (Å²) in [6.45, 7) is 4.27. The zero-order valence-electron chi connectivity index (χ0n) is 16.7. The first kappa shape index (κ1) is 19.1. The van der Waals surface area contributed by atoms with Crippen LogP contribution in [0.25, 0.3) is 11.1 Å². The predicted octanol–water partition coefficient (Wildman–Crippen LogP) is 3.98. The average molecular weight is 386 g/mol. The van der Waals surface area contributed by atoms with Crippen LogP contribution in [0.3, 0.4) is 0 Å². The van der Waals surface area contributed by atoms with Crippen molar-refractivity contribution in [2.24, 2.45) is 5.92 Å². The summed E-state index contributed by atoms with van der Waals surface area (Å²) in [5.41, 5.74) is 4.50. The van der Waals surface area contributed by atoms with E-state index in [9.17, 15) is 4.79 Å². The number of aromatic nitrogens is 2. The van der Waals surface area contributed by atoms with Gasteiger partial charge in [-0.3, -0.25) is 4.79 Å². The molecule has 0 unspecified atom stereocenters. The third-order valence-corrected chi connectivity index (χ3v) is 5.45. The van der Waals surface area contributed by atoms with Crippen molar-refractivity contribution in [1.29, 1.82) is 0 Å². The minimum absolute atomic E-state index is 0.0570. The lowest BCUT2D eigenvalue weighted by Gasteiger charge is -2.31. The Hall–Kier alpha value is -3.21. The van der Waals surface area contributed by atoms with E-state index in [1.54, 1.807) is 0 Å². The summed E-state index contributed by atoms with van der Waals surface area (Å²) >= 11 is 0. The Bertz CT molecular complexity index is 948. The van der Waals surface area contributed by atoms with Crippen molar-refractivity contribution in [3.05, 3.63) is 78.1 Å². The molecule has 1 fully saturated rings. The summed E-state index contributed by atoms with van der Waals surface area (Å²) in [7, 11) is 0. The van der Waals surface area contributed by atoms with Crippen LogP contribution in [0.5, 0.6) is 0 Å². The molecule has 1 aliphatic rings. The third-order valence-electron chi connectivity index (χ3n) is 5.45. The third kappa shape index (κ3) is 4.80. The number of nitrogens with one attached hydrogen (secondary N) is 1. The van der Waals surface area contributed by atoms with E-state index in [4.69, 9.17) is 0 Å². The van der Waals surface area contributed by atoms with Gasteiger partial charge >= 0.3 is 0 Å². The lowest BCUT2D eigenvalue weighted by atomic mass is 9.96. The summed E-state index contributed by atoms with van der Waals surface area (Å²) in [5.74, 6) is 0.940. The van der Waals surface area contributed by atoms with Gasteiger partial charge in [-0.05, 0) is 30.9 Å². The molecule has 4 rings (SSSR count). The normalized spacial score (nSPS) is 14.6. The quantitative estimate of drug-likeness (QED) is 0.720. The maximum Gasteiger partial charge on any atom is 0.225 e. The van der Waals surface area contributed by atoms with Crippen LogP contribution in [0.15, 0.2) is 67.0 Å². The summed E-state index contributed by atoms with van der Waals surface area (Å²) in [5, 5.41) is 3.06. The van der Waals surface area contributed by atoms with Gasteiger partial charge in [0.15, 0.2) is 0 Å². The molecule has 1 aromatic heterocycles. The fraction of sp³-hybridized carbons (Fsp3) is 0.292. The molecule has 0 bridgehead atoms. The molecule has 0 aliphatic carbocycles. The fourth-order valence-electron chi connectivity index (χ4n) is 3.73. The molecule has 0 atom stereocenters. The molecule has 1 N–H and O–H groups in total. The maximum absolute atomic E-state index is 12.5. The van der Waals surface area contributed by atoms with Crippen molar-refractivity contribution in [3.63, 3.8) is 0 Å². The Morgan fingerprint density at radius 1 is 1.00 bits per heavy atom. The van der Waals surface area contributed by atoms with Crippen LogP contribution in [0, 0.1) is 12.8 Å². The van der Waals surface area contributed by atoms with Gasteiger partial charge in [-0.2, -0.15) is 0 Å². The van der Waals surface area contributed by atoms with E-state index in [0.717, 1.165) is 48.6 Å². The molecule has 2 heterocycles. The van der Waals surface area contributed by atoms with E-state index in [-0.39, 0.29) is 11.8 Å². The number of carbonyl (C=O) groups excluding carboxylic acids is 1. The van der Waals surface area contributed by atoms with Crippen LogP contribution in [-0.2, 0) is 11.3 Å². The Balaban J connectivity index is 1.30. The number of hydrogen-bond donors (Lipinski definition) is 1. The molecule has 1 amide bonds. The Labute approximate surface area is 171 Å². The highest BCUT2D eigenvalue weighted by Crippen LogP contribution is 2.23. The van der Waals surface area contributed by atoms with Crippen molar-refractivity contribution in [3.8, 4) is 11.1 Å². The van der Waals surface area contributed by atoms with Gasteiger partial charge < -0.3 is 10.2 Å². The molecule has 5 heteroatoms. The molecule has 0 spiro atoms. The molecule has 0 saturated carbocycles. The molecule has 0 radical (unpaired) electrons. The van der Waals surface area contributed by atoms with Gasteiger partial charge in [0.05, 0.1) is 0 Å². The lowest BCUT2D eigenvalue weighted by Crippen LogP contribution is -2.41. The van der Waals surface area contributed by atoms with Crippen LogP contribution >= 0.6 is 0 Å². The molecule has 148 valence electrons. The Morgan fingerprint density at radius 3 is 2.41 bits per heavy atom. The first-order chi connectivity index (χ1) is 14.2. The minimum atomic E-state index is 0.0570. The van der Waals surface area contributed by atoms with Crippen LogP contribution < -0.4 is 10.2 Å². The van der Waals surface area contributed by atoms with Crippen LogP contribution in [0.1, 0.15) is 24.0 Å². The predicted molar refractivity (Wildman–Crippen MR) is 115 cm³/mol. The molecule has 1 aliphatic heterocycles. The van der Waals surface area contributed by atoms with Gasteiger partial charge in [-0.25, -0.2) is 9.97 Å². The van der Waals surface area contributed by atoms with E-state index in [2.05, 4.69) is 45.3 Å². The standard InChI is InChI=1S/C24H26N4O/c1-18-6-5-9-21(14-18)22-16-26-24(27-17-22)28-12-10-20(11-13-28)23(29)25-15-19-7-3-2-4-8-19/h2-9,14,16-17,20H,10-13,15H2,1H3,(H,25,29). The highest BCUT2D eigenvalue weighted by Gasteiger charge is 2.26. The number of amides is 1. The summed E-state index contributed by atoms with van der Waals surface area (Å²) in [6, 6.07) is 18.4. The second-order valence-corrected chi connectivity index (χ2v) is 7.61. The van der Waals surface area contributed by atoms with Gasteiger partial charge in [-0.15, -0.1) is 0 Å². The number of piperidine rings is 1. The second-order valence-electron chi connectivity index (χ2n) is 7.61. The zero-order chi connectivity index (χ0) is 20.1. The van der Waals surface area contributed by atoms with Crippen molar-refractivity contribution >= 4 is 11.9 Å². The molecule has 29 heavy (non-hydrogen) atoms. The van der Waals surface area contributed by atoms with Gasteiger partial charge in [0, 0.05) is 43.5 Å². The second kappa shape index (κ2) is 8.86. The van der Waals surface area contributed by atoms with Gasteiger partial charge in [0.2, 0.25) is 11.9 Å². The summed E-state index contributed by atoms with van der Waals surface area (Å²) < 4.78 is 0. The average Bonchev–Trinajstić information content (AvgIpc) is 2.78. The topological polar surface area (TPSA) is 58.1 Å². The lowest BCUT2D eigenvalue weighted by molar-refractivity contribution is -0.125. The maximum atomic E-state index is 12.5. The van der Waals surface area contributed by atoms with Crippen LogP contribution in [-0.4, -0.2) is 29.0 Å². The number of aryl methyl sites for hydroxylation is 1. The number of nitrogens with zero attached hydrogens (tertiary/aromatic N) is 3. The summed E-state index contributed by atoms with van der Waals surface area (Å²) in [4.78, 5) is 23.8. The Kier molecular flexibility index (Phi) is 5.84. The van der Waals surface area contributed by atoms with E-state index in [1.807, 2.05) is 48.8 Å². The highest BCUT2D eigenvalue weighted by atomic mass is 16.1. The number of carbonyl (C=O) groups is 1. The highest BCUT2D eigenvalue weighted by molar-refractivity contribution is 5.79. The van der Waals surface area contributed by atoms with E-state index >= 15 is 0 Å². The van der Waals surface area contributed by atoms with E-state index in [0.29, 0.717) is 6.54 Å². The van der Waals surface area contributed by atoms with Crippen molar-refractivity contribution in [2.75, 3.05) is 18.0 Å². The molecule has 1 saturated heterocycles. The molecule has 3 aromatic rings. The smallest absolute Gasteiger partial charge is 0.225 e. The minimum Gasteiger partial charge on any atom is -0.352 e. The Morgan fingerprint density at radius 2 is 1.72 bits per heavy atom. The van der Waals surface area contributed by atoms with Gasteiger partial charge in [0.25, 0.3) is 0 Å². The van der Waals surface area contributed by atoms with Crippen molar-refractivity contribution in [1.82, 2.24) is 15.3 Å². The number of anilines is 1. The molecule has 2 aromatic carbocycles. The SMILES string of the molecule is Cc1cccc(-c2cnc(N3CCC(C(=O)NCc4ccccc4)CC3)nc2)c1. The van der Waals surface area contributed by atoms with Gasteiger partial charge in [-0.1, -0.05) is 60.2 Å².